The van der Waals surface area contributed by atoms with Crippen LogP contribution >= 0.6 is 11.6 Å². The SMILES string of the molecule is CCCCCCCCC(NC(=O)[C@@H]1CCCN1C(=O)c1ccnc2cc(Cl)ccc12)C(=O)NC(CC(C)C)C(=O)NC(C)(C)C(=O)NC(CC(C)C)C(=O)NC(CC(C)C)C(=O)NC(C)(C)C(=O)NC(C)(C)C(=O)NCCC(=O)NC(C)CN(C)C. The molecule has 5 unspecified atom stereocenters. The van der Waals surface area contributed by atoms with Gasteiger partial charge in [-0.25, -0.2) is 0 Å². The van der Waals surface area contributed by atoms with Crippen LogP contribution in [0.5, 0.6) is 0 Å². The molecule has 0 bridgehead atoms. The van der Waals surface area contributed by atoms with Gasteiger partial charge in [0, 0.05) is 48.7 Å². The summed E-state index contributed by atoms with van der Waals surface area (Å²) in [6.45, 7) is 25.1. The Kier molecular flexibility index (Phi) is 29.4. The first kappa shape index (κ1) is 73.8. The van der Waals surface area contributed by atoms with Crippen LogP contribution in [0.2, 0.25) is 5.02 Å². The molecule has 1 saturated heterocycles. The molecule has 1 aliphatic rings. The number of unbranched alkanes of at least 4 members (excludes halogenated alkanes) is 5. The fourth-order valence-corrected chi connectivity index (χ4v) is 10.4. The molecule has 23 heteroatoms. The molecule has 0 saturated carbocycles. The number of likely N-dealkylation sites (tertiary alicyclic amines) is 1. The monoisotopic (exact) mass is 1220 g/mol. The second kappa shape index (κ2) is 34.2. The predicted molar refractivity (Wildman–Crippen MR) is 335 cm³/mol. The van der Waals surface area contributed by atoms with E-state index in [0.29, 0.717) is 53.8 Å². The second-order valence-electron chi connectivity index (χ2n) is 26.4. The summed E-state index contributed by atoms with van der Waals surface area (Å²) in [5, 5.41) is 26.3. The molecule has 1 aliphatic heterocycles. The van der Waals surface area contributed by atoms with Gasteiger partial charge in [-0.15, -0.1) is 0 Å². The first-order valence-electron chi connectivity index (χ1n) is 30.8. The number of aromatic nitrogens is 1. The quantitative estimate of drug-likeness (QED) is 0.0383. The zero-order valence-corrected chi connectivity index (χ0v) is 55.0. The molecule has 1 aromatic carbocycles. The topological polar surface area (TPSA) is 298 Å². The third-order valence-corrected chi connectivity index (χ3v) is 15.2. The number of benzene rings is 1. The summed E-state index contributed by atoms with van der Waals surface area (Å²) in [5.74, 6) is -6.02. The van der Waals surface area contributed by atoms with Crippen LogP contribution in [0, 0.1) is 17.8 Å². The Bertz CT molecular complexity index is 2660. The largest absolute Gasteiger partial charge is 0.354 e. The maximum Gasteiger partial charge on any atom is 0.255 e. The Labute approximate surface area is 515 Å². The van der Waals surface area contributed by atoms with Gasteiger partial charge in [0.25, 0.3) is 5.91 Å². The lowest BCUT2D eigenvalue weighted by Crippen LogP contribution is -2.65. The van der Waals surface area contributed by atoms with E-state index in [1.54, 1.807) is 24.3 Å². The number of likely N-dealkylation sites (N-methyl/N-ethyl adjacent to an activating group) is 1. The first-order valence-corrected chi connectivity index (χ1v) is 31.2. The molecule has 22 nitrogen and oxygen atoms in total. The van der Waals surface area contributed by atoms with Crippen LogP contribution in [0.1, 0.15) is 191 Å². The minimum Gasteiger partial charge on any atom is -0.354 e. The average molecular weight is 1220 g/mol. The molecule has 86 heavy (non-hydrogen) atoms. The van der Waals surface area contributed by atoms with E-state index in [0.717, 1.165) is 32.1 Å². The molecule has 2 aromatic rings. The second-order valence-corrected chi connectivity index (χ2v) is 26.8. The van der Waals surface area contributed by atoms with Gasteiger partial charge in [-0.3, -0.25) is 52.9 Å². The number of rotatable bonds is 35. The summed E-state index contributed by atoms with van der Waals surface area (Å²) in [6, 6.07) is 1.17. The number of amides is 10. The van der Waals surface area contributed by atoms with Gasteiger partial charge in [0.05, 0.1) is 11.1 Å². The highest BCUT2D eigenvalue weighted by molar-refractivity contribution is 6.31. The van der Waals surface area contributed by atoms with E-state index in [-0.39, 0.29) is 74.3 Å². The summed E-state index contributed by atoms with van der Waals surface area (Å²) >= 11 is 6.22. The van der Waals surface area contributed by atoms with Gasteiger partial charge in [-0.2, -0.15) is 0 Å². The molecule has 0 radical (unpaired) electrons. The van der Waals surface area contributed by atoms with Gasteiger partial charge >= 0.3 is 0 Å². The minimum atomic E-state index is -1.65. The fraction of sp³-hybridized carbons (Fsp3) is 0.698. The van der Waals surface area contributed by atoms with E-state index < -0.39 is 94.1 Å². The Balaban J connectivity index is 1.76. The molecule has 9 N–H and O–H groups in total. The Morgan fingerprint density at radius 1 is 0.628 bits per heavy atom. The fourth-order valence-electron chi connectivity index (χ4n) is 10.3. The lowest BCUT2D eigenvalue weighted by molar-refractivity contribution is -0.139. The van der Waals surface area contributed by atoms with E-state index in [4.69, 9.17) is 11.6 Å². The van der Waals surface area contributed by atoms with E-state index in [9.17, 15) is 47.9 Å². The summed E-state index contributed by atoms with van der Waals surface area (Å²) in [4.78, 5) is 147. The number of hydrogen-bond donors (Lipinski definition) is 9. The van der Waals surface area contributed by atoms with E-state index >= 15 is 0 Å². The van der Waals surface area contributed by atoms with Crippen LogP contribution in [0.25, 0.3) is 10.9 Å². The molecule has 10 amide bonds. The molecule has 0 spiro atoms. The number of hydrogen-bond acceptors (Lipinski definition) is 12. The third kappa shape index (κ3) is 24.0. The van der Waals surface area contributed by atoms with Crippen LogP contribution in [0.3, 0.4) is 0 Å². The Morgan fingerprint density at radius 3 is 1.71 bits per heavy atom. The first-order chi connectivity index (χ1) is 40.1. The van der Waals surface area contributed by atoms with Crippen molar-refractivity contribution in [2.75, 3.05) is 33.7 Å². The van der Waals surface area contributed by atoms with Crippen molar-refractivity contribution >= 4 is 81.6 Å². The van der Waals surface area contributed by atoms with Gasteiger partial charge in [0.1, 0.15) is 46.8 Å². The van der Waals surface area contributed by atoms with Gasteiger partial charge in [0.15, 0.2) is 0 Å². The predicted octanol–water partition coefficient (Wildman–Crippen LogP) is 5.58. The highest BCUT2D eigenvalue weighted by atomic mass is 35.5. The van der Waals surface area contributed by atoms with Gasteiger partial charge in [0.2, 0.25) is 53.2 Å². The van der Waals surface area contributed by atoms with Crippen molar-refractivity contribution in [2.24, 2.45) is 17.8 Å². The molecule has 3 rings (SSSR count). The normalized spacial score (nSPS) is 15.5. The smallest absolute Gasteiger partial charge is 0.255 e. The third-order valence-electron chi connectivity index (χ3n) is 14.9. The molecule has 1 aromatic heterocycles. The highest BCUT2D eigenvalue weighted by Crippen LogP contribution is 2.27. The van der Waals surface area contributed by atoms with Gasteiger partial charge in [-0.05, 0) is 137 Å². The van der Waals surface area contributed by atoms with Crippen molar-refractivity contribution in [3.63, 3.8) is 0 Å². The maximum atomic E-state index is 14.5. The van der Waals surface area contributed by atoms with Crippen LogP contribution < -0.4 is 47.9 Å². The van der Waals surface area contributed by atoms with Crippen molar-refractivity contribution in [2.45, 2.75) is 233 Å². The number of nitrogens with one attached hydrogen (secondary N) is 9. The molecular weight excluding hydrogens is 1120 g/mol. The van der Waals surface area contributed by atoms with Crippen LogP contribution in [-0.2, 0) is 43.2 Å². The standard InChI is InChI=1S/C63H103ClN12O10/c1-17-18-19-20-21-22-24-45(68-56(82)50-25-23-32-76(50)57(83)44-28-30-65-46-36-42(64)26-27-43(44)46)52(78)69-48(34-39(4)5)54(80)72-62(11,12)59(85)71-47(33-38(2)3)53(79)70-49(35-40(6)7)55(81)73-63(13,14)60(86)74-61(9,10)58(84)66-31-29-51(77)67-41(8)37-75(15)16/h26-28,30,36,38-41,45,47-50H,17-25,29,31-35,37H2,1-16H3,(H,66,84)(H,67,77)(H,68,82)(H,69,78)(H,70,79)(H,71,85)(H,72,80)(H,73,81)(H,74,86)/t41?,45?,47?,48?,49?,50-/m0/s1. The summed E-state index contributed by atoms with van der Waals surface area (Å²) < 4.78 is 0. The van der Waals surface area contributed by atoms with Crippen molar-refractivity contribution < 1.29 is 47.9 Å². The van der Waals surface area contributed by atoms with E-state index in [1.807, 2.05) is 67.5 Å². The molecule has 6 atom stereocenters. The highest BCUT2D eigenvalue weighted by Gasteiger charge is 2.42. The Hall–Kier alpha value is -6.42. The van der Waals surface area contributed by atoms with Crippen LogP contribution in [0.4, 0.5) is 0 Å². The van der Waals surface area contributed by atoms with Crippen molar-refractivity contribution in [1.29, 1.82) is 0 Å². The lowest BCUT2D eigenvalue weighted by atomic mass is 9.96. The minimum absolute atomic E-state index is 0.0249. The number of halogens is 1. The molecule has 2 heterocycles. The van der Waals surface area contributed by atoms with E-state index in [2.05, 4.69) is 59.8 Å². The van der Waals surface area contributed by atoms with Gasteiger partial charge in [-0.1, -0.05) is 105 Å². The summed E-state index contributed by atoms with van der Waals surface area (Å²) in [5.41, 5.74) is -3.78. The van der Waals surface area contributed by atoms with E-state index in [1.165, 1.54) is 52.6 Å². The molecule has 0 aliphatic carbocycles. The van der Waals surface area contributed by atoms with Crippen LogP contribution in [0.15, 0.2) is 30.5 Å². The zero-order chi connectivity index (χ0) is 64.9. The number of pyridine rings is 1. The van der Waals surface area contributed by atoms with Gasteiger partial charge < -0.3 is 57.7 Å². The average Bonchev–Trinajstić information content (AvgIpc) is 4.00. The number of carbonyl (C=O) groups excluding carboxylic acids is 10. The molecule has 1 fully saturated rings. The molecule has 482 valence electrons. The van der Waals surface area contributed by atoms with Crippen molar-refractivity contribution in [3.05, 3.63) is 41.0 Å². The zero-order valence-electron chi connectivity index (χ0n) is 54.2. The number of fused-ring (bicyclic) bond motifs is 1. The molecular formula is C63H103ClN12O10. The van der Waals surface area contributed by atoms with Crippen molar-refractivity contribution in [3.8, 4) is 0 Å². The maximum absolute atomic E-state index is 14.5. The summed E-state index contributed by atoms with van der Waals surface area (Å²) in [6.07, 6.45) is 8.77. The summed E-state index contributed by atoms with van der Waals surface area (Å²) in [7, 11) is 3.79. The Morgan fingerprint density at radius 2 is 1.15 bits per heavy atom. The van der Waals surface area contributed by atoms with Crippen molar-refractivity contribution in [1.82, 2.24) is 62.6 Å². The number of nitrogens with zero attached hydrogens (tertiary/aromatic N) is 3. The lowest BCUT2D eigenvalue weighted by Gasteiger charge is -2.34. The van der Waals surface area contributed by atoms with Crippen LogP contribution in [-0.4, -0.2) is 160 Å². The number of carbonyl (C=O) groups is 10.